The SMILES string of the molecule is NC(CCCCNC1=NCCC1)C(=O)O. The van der Waals surface area contributed by atoms with Gasteiger partial charge in [-0.05, 0) is 25.7 Å². The normalized spacial score (nSPS) is 17.3. The van der Waals surface area contributed by atoms with Gasteiger partial charge in [-0.1, -0.05) is 0 Å². The van der Waals surface area contributed by atoms with Gasteiger partial charge >= 0.3 is 5.97 Å². The third-order valence-corrected chi connectivity index (χ3v) is 2.46. The molecular weight excluding hydrogens is 194 g/mol. The second kappa shape index (κ2) is 6.40. The van der Waals surface area contributed by atoms with E-state index < -0.39 is 12.0 Å². The van der Waals surface area contributed by atoms with Crippen LogP contribution >= 0.6 is 0 Å². The minimum atomic E-state index is -0.914. The molecule has 15 heavy (non-hydrogen) atoms. The minimum Gasteiger partial charge on any atom is -0.480 e. The highest BCUT2D eigenvalue weighted by atomic mass is 16.4. The molecule has 1 rings (SSSR count). The van der Waals surface area contributed by atoms with Gasteiger partial charge in [-0.15, -0.1) is 0 Å². The number of aliphatic carboxylic acids is 1. The predicted octanol–water partition coefficient (Wildman–Crippen LogP) is 0.350. The number of amidine groups is 1. The molecule has 0 aromatic heterocycles. The molecule has 1 atom stereocenters. The molecule has 0 radical (unpaired) electrons. The Morgan fingerprint density at radius 1 is 1.60 bits per heavy atom. The van der Waals surface area contributed by atoms with Crippen molar-refractivity contribution in [1.82, 2.24) is 5.32 Å². The third kappa shape index (κ3) is 4.78. The average molecular weight is 213 g/mol. The van der Waals surface area contributed by atoms with Crippen LogP contribution in [0.5, 0.6) is 0 Å². The predicted molar refractivity (Wildman–Crippen MR) is 59.0 cm³/mol. The summed E-state index contributed by atoms with van der Waals surface area (Å²) < 4.78 is 0. The largest absolute Gasteiger partial charge is 0.480 e. The van der Waals surface area contributed by atoms with Crippen molar-refractivity contribution in [2.24, 2.45) is 10.7 Å². The van der Waals surface area contributed by atoms with E-state index in [1.165, 1.54) is 0 Å². The summed E-state index contributed by atoms with van der Waals surface area (Å²) in [4.78, 5) is 14.7. The number of nitrogens with zero attached hydrogens (tertiary/aromatic N) is 1. The highest BCUT2D eigenvalue weighted by molar-refractivity contribution is 5.83. The van der Waals surface area contributed by atoms with Crippen LogP contribution in [0.2, 0.25) is 0 Å². The molecule has 5 heteroatoms. The second-order valence-corrected chi connectivity index (χ2v) is 3.80. The quantitative estimate of drug-likeness (QED) is 0.555. The average Bonchev–Trinajstić information content (AvgIpc) is 2.69. The Hall–Kier alpha value is -1.10. The third-order valence-electron chi connectivity index (χ3n) is 2.46. The maximum absolute atomic E-state index is 10.4. The maximum atomic E-state index is 10.4. The molecule has 1 aliphatic heterocycles. The zero-order valence-corrected chi connectivity index (χ0v) is 8.91. The summed E-state index contributed by atoms with van der Waals surface area (Å²) >= 11 is 0. The molecule has 0 bridgehead atoms. The summed E-state index contributed by atoms with van der Waals surface area (Å²) in [5.41, 5.74) is 5.38. The first-order valence-electron chi connectivity index (χ1n) is 5.45. The van der Waals surface area contributed by atoms with Gasteiger partial charge in [-0.2, -0.15) is 0 Å². The molecule has 0 fully saturated rings. The summed E-state index contributed by atoms with van der Waals surface area (Å²) in [5.74, 6) is 0.181. The Balaban J connectivity index is 1.95. The Labute approximate surface area is 89.8 Å². The van der Waals surface area contributed by atoms with Crippen molar-refractivity contribution in [3.63, 3.8) is 0 Å². The molecule has 0 amide bonds. The van der Waals surface area contributed by atoms with Crippen LogP contribution in [0.1, 0.15) is 32.1 Å². The van der Waals surface area contributed by atoms with Gasteiger partial charge in [-0.25, -0.2) is 0 Å². The van der Waals surface area contributed by atoms with Gasteiger partial charge in [0.25, 0.3) is 0 Å². The lowest BCUT2D eigenvalue weighted by Crippen LogP contribution is -2.30. The summed E-state index contributed by atoms with van der Waals surface area (Å²) in [5, 5.41) is 11.8. The maximum Gasteiger partial charge on any atom is 0.320 e. The summed E-state index contributed by atoms with van der Waals surface area (Å²) in [6.07, 6.45) is 4.53. The molecule has 1 unspecified atom stereocenters. The molecule has 5 nitrogen and oxygen atoms in total. The Bertz CT molecular complexity index is 241. The van der Waals surface area contributed by atoms with Crippen molar-refractivity contribution >= 4 is 11.8 Å². The second-order valence-electron chi connectivity index (χ2n) is 3.80. The summed E-state index contributed by atoms with van der Waals surface area (Å²) in [6.45, 7) is 1.80. The van der Waals surface area contributed by atoms with Crippen molar-refractivity contribution in [1.29, 1.82) is 0 Å². The number of carboxylic acids is 1. The molecule has 0 saturated carbocycles. The number of nitrogens with two attached hydrogens (primary N) is 1. The van der Waals surface area contributed by atoms with Crippen LogP contribution in [0.25, 0.3) is 0 Å². The molecule has 1 aliphatic rings. The highest BCUT2D eigenvalue weighted by Gasteiger charge is 2.10. The fourth-order valence-electron chi connectivity index (χ4n) is 1.53. The Morgan fingerprint density at radius 2 is 2.40 bits per heavy atom. The number of hydrogen-bond acceptors (Lipinski definition) is 4. The molecule has 0 spiro atoms. The van der Waals surface area contributed by atoms with Crippen molar-refractivity contribution in [2.75, 3.05) is 13.1 Å². The van der Waals surface area contributed by atoms with Crippen molar-refractivity contribution in [3.8, 4) is 0 Å². The van der Waals surface area contributed by atoms with Gasteiger partial charge < -0.3 is 16.2 Å². The first kappa shape index (κ1) is 12.0. The number of nitrogens with one attached hydrogen (secondary N) is 1. The van der Waals surface area contributed by atoms with E-state index in [0.29, 0.717) is 6.42 Å². The van der Waals surface area contributed by atoms with Crippen LogP contribution in [0.15, 0.2) is 4.99 Å². The van der Waals surface area contributed by atoms with E-state index in [0.717, 1.165) is 44.6 Å². The van der Waals surface area contributed by atoms with E-state index in [1.54, 1.807) is 0 Å². The molecule has 1 heterocycles. The Kier molecular flexibility index (Phi) is 5.10. The Morgan fingerprint density at radius 3 is 3.00 bits per heavy atom. The standard InChI is InChI=1S/C10H19N3O2/c11-8(10(14)15)4-1-2-6-12-9-5-3-7-13-9/h8H,1-7,11H2,(H,12,13)(H,14,15). The van der Waals surface area contributed by atoms with E-state index in [1.807, 2.05) is 0 Å². The van der Waals surface area contributed by atoms with Crippen molar-refractivity contribution in [2.45, 2.75) is 38.1 Å². The van der Waals surface area contributed by atoms with E-state index in [4.69, 9.17) is 10.8 Å². The van der Waals surface area contributed by atoms with E-state index in [9.17, 15) is 4.79 Å². The van der Waals surface area contributed by atoms with Crippen molar-refractivity contribution in [3.05, 3.63) is 0 Å². The lowest BCUT2D eigenvalue weighted by atomic mass is 10.1. The smallest absolute Gasteiger partial charge is 0.320 e. The molecule has 0 aliphatic carbocycles. The summed E-state index contributed by atoms with van der Waals surface area (Å²) in [7, 11) is 0. The van der Waals surface area contributed by atoms with Gasteiger partial charge in [0.15, 0.2) is 0 Å². The first-order valence-corrected chi connectivity index (χ1v) is 5.45. The lowest BCUT2D eigenvalue weighted by molar-refractivity contribution is -0.138. The minimum absolute atomic E-state index is 0.545. The monoisotopic (exact) mass is 213 g/mol. The van der Waals surface area contributed by atoms with E-state index in [-0.39, 0.29) is 0 Å². The fourth-order valence-corrected chi connectivity index (χ4v) is 1.53. The fraction of sp³-hybridized carbons (Fsp3) is 0.800. The van der Waals surface area contributed by atoms with Crippen LogP contribution in [-0.2, 0) is 4.79 Å². The van der Waals surface area contributed by atoms with Gasteiger partial charge in [0.1, 0.15) is 6.04 Å². The number of unbranched alkanes of at least 4 members (excludes halogenated alkanes) is 1. The molecule has 86 valence electrons. The van der Waals surface area contributed by atoms with Gasteiger partial charge in [0.2, 0.25) is 0 Å². The molecule has 0 aromatic rings. The van der Waals surface area contributed by atoms with Crippen molar-refractivity contribution < 1.29 is 9.90 Å². The van der Waals surface area contributed by atoms with Crippen LogP contribution in [0.3, 0.4) is 0 Å². The zero-order valence-electron chi connectivity index (χ0n) is 8.91. The van der Waals surface area contributed by atoms with Gasteiger partial charge in [0.05, 0.1) is 5.84 Å². The van der Waals surface area contributed by atoms with Crippen LogP contribution in [0, 0.1) is 0 Å². The van der Waals surface area contributed by atoms with Gasteiger partial charge in [-0.3, -0.25) is 9.79 Å². The topological polar surface area (TPSA) is 87.7 Å². The zero-order chi connectivity index (χ0) is 11.1. The molecule has 4 N–H and O–H groups in total. The number of rotatable bonds is 6. The van der Waals surface area contributed by atoms with E-state index >= 15 is 0 Å². The van der Waals surface area contributed by atoms with Crippen LogP contribution < -0.4 is 11.1 Å². The summed E-state index contributed by atoms with van der Waals surface area (Å²) in [6, 6.07) is -0.714. The number of carbonyl (C=O) groups is 1. The first-order chi connectivity index (χ1) is 7.20. The number of carboxylic acid groups (broad SMARTS) is 1. The van der Waals surface area contributed by atoms with E-state index in [2.05, 4.69) is 10.3 Å². The highest BCUT2D eigenvalue weighted by Crippen LogP contribution is 2.02. The van der Waals surface area contributed by atoms with Gasteiger partial charge in [0, 0.05) is 19.5 Å². The van der Waals surface area contributed by atoms with Crippen LogP contribution in [-0.4, -0.2) is 36.0 Å². The lowest BCUT2D eigenvalue weighted by Gasteiger charge is -2.07. The number of aliphatic imine (C=N–C) groups is 1. The number of hydrogen-bond donors (Lipinski definition) is 3. The molecule has 0 saturated heterocycles. The van der Waals surface area contributed by atoms with Crippen LogP contribution in [0.4, 0.5) is 0 Å². The molecule has 0 aromatic carbocycles. The molecular formula is C10H19N3O2.